The summed E-state index contributed by atoms with van der Waals surface area (Å²) in [4.78, 5) is 12.1. The van der Waals surface area contributed by atoms with E-state index in [9.17, 15) is 0 Å². The van der Waals surface area contributed by atoms with Gasteiger partial charge in [-0.1, -0.05) is 24.8 Å². The van der Waals surface area contributed by atoms with Crippen LogP contribution in [0.4, 0.5) is 0 Å². The van der Waals surface area contributed by atoms with Crippen LogP contribution in [0.2, 0.25) is 0 Å². The normalized spacial score (nSPS) is 26.7. The van der Waals surface area contributed by atoms with Crippen LogP contribution in [-0.4, -0.2) is 31.4 Å². The molecule has 0 amide bonds. The minimum absolute atomic E-state index is 0.0919. The summed E-state index contributed by atoms with van der Waals surface area (Å²) in [5.74, 6) is 0. The molecule has 1 fully saturated rings. The van der Waals surface area contributed by atoms with Gasteiger partial charge in [0.1, 0.15) is 6.04 Å². The predicted molar refractivity (Wildman–Crippen MR) is 95.7 cm³/mol. The minimum atomic E-state index is 0.0919. The monoisotopic (exact) mass is 326 g/mol. The molecule has 1 saturated heterocycles. The van der Waals surface area contributed by atoms with E-state index in [-0.39, 0.29) is 12.1 Å². The largest absolute Gasteiger partial charge is 0.351 e. The van der Waals surface area contributed by atoms with E-state index >= 15 is 0 Å². The highest BCUT2D eigenvalue weighted by Gasteiger charge is 2.43. The Morgan fingerprint density at radius 2 is 2.13 bits per heavy atom. The van der Waals surface area contributed by atoms with Crippen molar-refractivity contribution in [3.63, 3.8) is 0 Å². The predicted octanol–water partition coefficient (Wildman–Crippen LogP) is 4.05. The molecule has 4 nitrogen and oxygen atoms in total. The maximum Gasteiger partial charge on any atom is 0.160 e. The molecule has 23 heavy (non-hydrogen) atoms. The van der Waals surface area contributed by atoms with Gasteiger partial charge in [-0.2, -0.15) is 0 Å². The first-order valence-electron chi connectivity index (χ1n) is 8.23. The van der Waals surface area contributed by atoms with Crippen molar-refractivity contribution in [2.45, 2.75) is 44.1 Å². The molecule has 0 aromatic carbocycles. The molecule has 0 saturated carbocycles. The zero-order valence-electron chi connectivity index (χ0n) is 13.8. The molecule has 0 spiro atoms. The Balaban J connectivity index is 1.74. The number of thioether (sulfide) groups is 1. The van der Waals surface area contributed by atoms with E-state index in [1.54, 1.807) is 0 Å². The Morgan fingerprint density at radius 3 is 2.83 bits per heavy atom. The van der Waals surface area contributed by atoms with Crippen molar-refractivity contribution in [3.8, 4) is 0 Å². The van der Waals surface area contributed by atoms with Crippen molar-refractivity contribution in [2.75, 3.05) is 6.54 Å². The van der Waals surface area contributed by atoms with Crippen LogP contribution >= 0.6 is 11.8 Å². The molecule has 0 N–H and O–H groups in total. The van der Waals surface area contributed by atoms with Crippen LogP contribution in [0.5, 0.6) is 0 Å². The summed E-state index contributed by atoms with van der Waals surface area (Å²) in [6, 6.07) is 9.19. The maximum absolute atomic E-state index is 5.02. The van der Waals surface area contributed by atoms with Crippen LogP contribution in [0.25, 0.3) is 0 Å². The second-order valence-corrected chi connectivity index (χ2v) is 8.03. The van der Waals surface area contributed by atoms with Gasteiger partial charge in [-0.05, 0) is 37.6 Å². The van der Waals surface area contributed by atoms with E-state index < -0.39 is 0 Å². The molecule has 2 aromatic heterocycles. The molecule has 5 heteroatoms. The van der Waals surface area contributed by atoms with Crippen molar-refractivity contribution >= 4 is 16.9 Å². The van der Waals surface area contributed by atoms with Crippen molar-refractivity contribution in [1.82, 2.24) is 14.5 Å². The first-order valence-corrected chi connectivity index (χ1v) is 9.11. The van der Waals surface area contributed by atoms with E-state index in [0.717, 1.165) is 12.2 Å². The standard InChI is InChI=1S/C18H22N4S/c1-12(2)21-9-7-14(11-21)17-16(15-6-4-5-8-19-15)20-18-22(17)10-13(3)23-18/h4-9,11-13,16-17H,10H2,1-3H3/t13-,16-,17+/m0/s1. The molecule has 3 atom stereocenters. The summed E-state index contributed by atoms with van der Waals surface area (Å²) in [5.41, 5.74) is 2.40. The lowest BCUT2D eigenvalue weighted by Crippen LogP contribution is -2.28. The number of fused-ring (bicyclic) bond motifs is 1. The highest BCUT2D eigenvalue weighted by Crippen LogP contribution is 2.47. The molecule has 2 aromatic rings. The molecule has 2 aliphatic heterocycles. The number of hydrogen-bond acceptors (Lipinski definition) is 4. The quantitative estimate of drug-likeness (QED) is 0.853. The molecule has 0 bridgehead atoms. The van der Waals surface area contributed by atoms with Crippen molar-refractivity contribution in [2.24, 2.45) is 4.99 Å². The molecule has 0 unspecified atom stereocenters. The Hall–Kier alpha value is -1.75. The Labute approximate surface area is 141 Å². The van der Waals surface area contributed by atoms with Gasteiger partial charge >= 0.3 is 0 Å². The third-order valence-electron chi connectivity index (χ3n) is 4.56. The van der Waals surface area contributed by atoms with Gasteiger partial charge in [0.2, 0.25) is 0 Å². The van der Waals surface area contributed by atoms with E-state index in [0.29, 0.717) is 11.3 Å². The second kappa shape index (κ2) is 5.71. The summed E-state index contributed by atoms with van der Waals surface area (Å²) in [6.45, 7) is 7.76. The third-order valence-corrected chi connectivity index (χ3v) is 5.66. The molecule has 120 valence electrons. The van der Waals surface area contributed by atoms with Gasteiger partial charge in [0, 0.05) is 36.4 Å². The van der Waals surface area contributed by atoms with Gasteiger partial charge in [-0.15, -0.1) is 0 Å². The van der Waals surface area contributed by atoms with Crippen LogP contribution < -0.4 is 0 Å². The average molecular weight is 326 g/mol. The lowest BCUT2D eigenvalue weighted by Gasteiger charge is -2.26. The molecule has 0 aliphatic carbocycles. The van der Waals surface area contributed by atoms with Crippen LogP contribution in [-0.2, 0) is 0 Å². The smallest absolute Gasteiger partial charge is 0.160 e. The second-order valence-electron chi connectivity index (χ2n) is 6.62. The van der Waals surface area contributed by atoms with Gasteiger partial charge in [0.15, 0.2) is 5.17 Å². The van der Waals surface area contributed by atoms with Gasteiger partial charge in [0.25, 0.3) is 0 Å². The van der Waals surface area contributed by atoms with E-state index in [4.69, 9.17) is 4.99 Å². The molecule has 0 radical (unpaired) electrons. The lowest BCUT2D eigenvalue weighted by molar-refractivity contribution is 0.321. The van der Waals surface area contributed by atoms with Gasteiger partial charge in [-0.3, -0.25) is 9.98 Å². The average Bonchev–Trinajstić information content (AvgIpc) is 3.21. The molecule has 2 aliphatic rings. The van der Waals surface area contributed by atoms with Crippen molar-refractivity contribution in [1.29, 1.82) is 0 Å². The number of aliphatic imine (C=N–C) groups is 1. The zero-order valence-corrected chi connectivity index (χ0v) is 14.6. The molecule has 4 heterocycles. The molecular formula is C18H22N4S. The summed E-state index contributed by atoms with van der Waals surface area (Å²) < 4.78 is 2.27. The Bertz CT molecular complexity index is 722. The topological polar surface area (TPSA) is 33.4 Å². The number of rotatable bonds is 3. The highest BCUT2D eigenvalue weighted by atomic mass is 32.2. The fourth-order valence-electron chi connectivity index (χ4n) is 3.40. The first kappa shape index (κ1) is 14.8. The highest BCUT2D eigenvalue weighted by molar-refractivity contribution is 8.14. The van der Waals surface area contributed by atoms with Gasteiger partial charge in [-0.25, -0.2) is 0 Å². The van der Waals surface area contributed by atoms with Crippen LogP contribution in [0, 0.1) is 0 Å². The third kappa shape index (κ3) is 2.57. The number of pyridine rings is 1. The fraction of sp³-hybridized carbons (Fsp3) is 0.444. The Kier molecular flexibility index (Phi) is 3.68. The zero-order chi connectivity index (χ0) is 16.0. The van der Waals surface area contributed by atoms with Crippen LogP contribution in [0.3, 0.4) is 0 Å². The summed E-state index contributed by atoms with van der Waals surface area (Å²) in [5, 5.41) is 1.78. The summed E-state index contributed by atoms with van der Waals surface area (Å²) >= 11 is 1.89. The minimum Gasteiger partial charge on any atom is -0.351 e. The van der Waals surface area contributed by atoms with E-state index in [2.05, 4.69) is 65.8 Å². The first-order chi connectivity index (χ1) is 11.1. The Morgan fingerprint density at radius 1 is 1.26 bits per heavy atom. The van der Waals surface area contributed by atoms with Crippen molar-refractivity contribution in [3.05, 3.63) is 54.1 Å². The van der Waals surface area contributed by atoms with Gasteiger partial charge in [0.05, 0.1) is 11.7 Å². The SMILES string of the molecule is CC(C)n1ccc([C@@H]2[C@H](c3ccccn3)N=C3S[C@@H](C)CN32)c1. The number of aromatic nitrogens is 2. The maximum atomic E-state index is 5.02. The van der Waals surface area contributed by atoms with Crippen LogP contribution in [0.15, 0.2) is 47.8 Å². The summed E-state index contributed by atoms with van der Waals surface area (Å²) in [6.07, 6.45) is 6.32. The van der Waals surface area contributed by atoms with Gasteiger partial charge < -0.3 is 9.47 Å². The summed E-state index contributed by atoms with van der Waals surface area (Å²) in [7, 11) is 0. The van der Waals surface area contributed by atoms with Crippen LogP contribution in [0.1, 0.15) is 50.2 Å². The molecule has 4 rings (SSSR count). The molecular weight excluding hydrogens is 304 g/mol. The van der Waals surface area contributed by atoms with E-state index in [1.807, 2.05) is 24.0 Å². The lowest BCUT2D eigenvalue weighted by atomic mass is 9.99. The number of amidine groups is 1. The number of nitrogens with zero attached hydrogens (tertiary/aromatic N) is 4. The fourth-order valence-corrected chi connectivity index (χ4v) is 4.50. The van der Waals surface area contributed by atoms with E-state index in [1.165, 1.54) is 10.7 Å². The number of hydrogen-bond donors (Lipinski definition) is 0. The van der Waals surface area contributed by atoms with Crippen molar-refractivity contribution < 1.29 is 0 Å².